The van der Waals surface area contributed by atoms with Gasteiger partial charge < -0.3 is 21.5 Å². The van der Waals surface area contributed by atoms with Gasteiger partial charge in [-0.3, -0.25) is 9.36 Å². The number of nitrogens with one attached hydrogen (secondary N) is 2. The average Bonchev–Trinajstić information content (AvgIpc) is 3.22. The number of hydrogen-bond acceptors (Lipinski definition) is 8. The maximum Gasteiger partial charge on any atom is 0.225 e. The molecule has 2 aromatic heterocycles. The number of amides is 1. The van der Waals surface area contributed by atoms with Crippen LogP contribution in [0.25, 0.3) is 11.2 Å². The third kappa shape index (κ3) is 5.64. The van der Waals surface area contributed by atoms with Crippen LogP contribution in [-0.4, -0.2) is 43.2 Å². The van der Waals surface area contributed by atoms with Crippen molar-refractivity contribution in [2.75, 3.05) is 17.2 Å². The first-order chi connectivity index (χ1) is 17.3. The molecule has 3 aromatic rings. The number of aliphatic hydroxyl groups excluding tert-OH is 1. The average molecular weight is 531 g/mol. The predicted molar refractivity (Wildman–Crippen MR) is 139 cm³/mol. The second-order valence-corrected chi connectivity index (χ2v) is 9.85. The van der Waals surface area contributed by atoms with E-state index in [4.69, 9.17) is 38.9 Å². The fourth-order valence-corrected chi connectivity index (χ4v) is 5.20. The summed E-state index contributed by atoms with van der Waals surface area (Å²) in [4.78, 5) is 25.2. The molecule has 190 valence electrons. The molecule has 12 heteroatoms. The number of rotatable bonds is 9. The number of nitrogens with two attached hydrogens (primary N) is 1. The van der Waals surface area contributed by atoms with E-state index in [1.165, 1.54) is 0 Å². The van der Waals surface area contributed by atoms with Gasteiger partial charge in [0.2, 0.25) is 17.8 Å². The summed E-state index contributed by atoms with van der Waals surface area (Å²) >= 11 is 12.9. The molecule has 10 nitrogen and oxygen atoms in total. The molecule has 1 saturated carbocycles. The molecule has 0 aliphatic heterocycles. The molecule has 0 spiro atoms. The van der Waals surface area contributed by atoms with Gasteiger partial charge in [0.15, 0.2) is 5.65 Å². The number of hydrogen-bond donors (Lipinski definition) is 4. The molecule has 36 heavy (non-hydrogen) atoms. The molecule has 0 saturated heterocycles. The fraction of sp³-hybridized carbons (Fsp3) is 0.458. The van der Waals surface area contributed by atoms with E-state index in [-0.39, 0.29) is 30.5 Å². The molecule has 0 bridgehead atoms. The first kappa shape index (κ1) is 25.9. The second kappa shape index (κ2) is 11.3. The molecule has 0 unspecified atom stereocenters. The number of fused-ring (bicyclic) bond motifs is 1. The maximum absolute atomic E-state index is 11.4. The number of aliphatic hydroxyl groups is 1. The van der Waals surface area contributed by atoms with Crippen molar-refractivity contribution in [2.45, 2.75) is 57.5 Å². The Morgan fingerprint density at radius 2 is 1.97 bits per heavy atom. The molecule has 1 aliphatic rings. The molecular weight excluding hydrogens is 503 g/mol. The maximum atomic E-state index is 11.4. The van der Waals surface area contributed by atoms with Crippen LogP contribution in [0.1, 0.15) is 57.1 Å². The van der Waals surface area contributed by atoms with Gasteiger partial charge in [-0.25, -0.2) is 9.97 Å². The van der Waals surface area contributed by atoms with Gasteiger partial charge in [0.25, 0.3) is 0 Å². The van der Waals surface area contributed by atoms with E-state index in [2.05, 4.69) is 15.6 Å². The van der Waals surface area contributed by atoms with Crippen molar-refractivity contribution in [3.05, 3.63) is 33.9 Å². The number of imidazole rings is 1. The van der Waals surface area contributed by atoms with Gasteiger partial charge in [0.05, 0.1) is 46.2 Å². The van der Waals surface area contributed by atoms with Crippen LogP contribution in [0.15, 0.2) is 18.3 Å². The van der Waals surface area contributed by atoms with Gasteiger partial charge in [-0.05, 0) is 50.2 Å². The lowest BCUT2D eigenvalue weighted by atomic mass is 9.84. The van der Waals surface area contributed by atoms with Crippen LogP contribution in [0, 0.1) is 17.2 Å². The van der Waals surface area contributed by atoms with Crippen molar-refractivity contribution >= 4 is 57.9 Å². The Bertz CT molecular complexity index is 1270. The van der Waals surface area contributed by atoms with Crippen molar-refractivity contribution < 1.29 is 9.90 Å². The minimum absolute atomic E-state index is 0.0382. The number of carbonyl (C=O) groups excluding carboxylic acids is 1. The Kier molecular flexibility index (Phi) is 8.14. The summed E-state index contributed by atoms with van der Waals surface area (Å²) in [7, 11) is 0. The number of aromatic nitrogens is 4. The van der Waals surface area contributed by atoms with Crippen LogP contribution in [0.2, 0.25) is 10.0 Å². The van der Waals surface area contributed by atoms with Crippen molar-refractivity contribution in [3.63, 3.8) is 0 Å². The number of anilines is 3. The van der Waals surface area contributed by atoms with E-state index < -0.39 is 0 Å². The van der Waals surface area contributed by atoms with Crippen LogP contribution < -0.4 is 16.4 Å². The summed E-state index contributed by atoms with van der Waals surface area (Å²) in [5.41, 5.74) is 7.42. The molecular formula is C24H28Cl2N8O2. The number of halogens is 2. The van der Waals surface area contributed by atoms with Gasteiger partial charge in [0, 0.05) is 12.5 Å². The van der Waals surface area contributed by atoms with Crippen LogP contribution in [0.3, 0.4) is 0 Å². The van der Waals surface area contributed by atoms with Gasteiger partial charge in [0.1, 0.15) is 5.52 Å². The molecule has 0 radical (unpaired) electrons. The van der Waals surface area contributed by atoms with E-state index >= 15 is 0 Å². The van der Waals surface area contributed by atoms with E-state index in [0.717, 1.165) is 25.7 Å². The molecule has 1 aliphatic carbocycles. The van der Waals surface area contributed by atoms with Gasteiger partial charge in [-0.1, -0.05) is 30.1 Å². The Morgan fingerprint density at radius 3 is 2.56 bits per heavy atom. The third-order valence-electron chi connectivity index (χ3n) is 6.56. The Balaban J connectivity index is 1.74. The van der Waals surface area contributed by atoms with Gasteiger partial charge >= 0.3 is 0 Å². The van der Waals surface area contributed by atoms with Crippen molar-refractivity contribution in [2.24, 2.45) is 11.7 Å². The zero-order valence-corrected chi connectivity index (χ0v) is 21.4. The lowest BCUT2D eigenvalue weighted by Gasteiger charge is -2.30. The number of carbonyl (C=O) groups is 1. The van der Waals surface area contributed by atoms with E-state index in [0.29, 0.717) is 57.2 Å². The van der Waals surface area contributed by atoms with Crippen molar-refractivity contribution in [3.8, 4) is 6.07 Å². The smallest absolute Gasteiger partial charge is 0.225 e. The summed E-state index contributed by atoms with van der Waals surface area (Å²) in [6.07, 6.45) is 6.06. The highest BCUT2D eigenvalue weighted by molar-refractivity contribution is 6.39. The quantitative estimate of drug-likeness (QED) is 0.314. The predicted octanol–water partition coefficient (Wildman–Crippen LogP) is 4.54. The van der Waals surface area contributed by atoms with Crippen molar-refractivity contribution in [1.29, 1.82) is 5.26 Å². The minimum Gasteiger partial charge on any atom is -0.394 e. The largest absolute Gasteiger partial charge is 0.394 e. The topological polar surface area (TPSA) is 155 Å². The van der Waals surface area contributed by atoms with E-state index in [9.17, 15) is 15.2 Å². The molecule has 5 N–H and O–H groups in total. The number of primary amides is 1. The highest BCUT2D eigenvalue weighted by Crippen LogP contribution is 2.40. The first-order valence-corrected chi connectivity index (χ1v) is 12.6. The molecule has 1 amide bonds. The van der Waals surface area contributed by atoms with Crippen LogP contribution in [0.5, 0.6) is 0 Å². The molecule has 2 heterocycles. The Hall–Kier alpha value is -3.13. The summed E-state index contributed by atoms with van der Waals surface area (Å²) in [5, 5.41) is 25.8. The SMILES string of the molecule is CC[C@@H](CO)Nc1ncc2nc(Nc3c(Cl)cc(C#N)cc3Cl)n([C@H]3CC[C@@H](CC(N)=O)CC3)c2n1. The summed E-state index contributed by atoms with van der Waals surface area (Å²) in [6, 6.07) is 5.01. The Morgan fingerprint density at radius 1 is 1.28 bits per heavy atom. The molecule has 4 rings (SSSR count). The zero-order valence-electron chi connectivity index (χ0n) is 19.8. The lowest BCUT2D eigenvalue weighted by molar-refractivity contribution is -0.119. The highest BCUT2D eigenvalue weighted by atomic mass is 35.5. The highest BCUT2D eigenvalue weighted by Gasteiger charge is 2.28. The zero-order chi connectivity index (χ0) is 25.8. The monoisotopic (exact) mass is 530 g/mol. The number of benzene rings is 1. The second-order valence-electron chi connectivity index (χ2n) is 9.04. The summed E-state index contributed by atoms with van der Waals surface area (Å²) in [5.74, 6) is 0.872. The number of nitriles is 1. The molecule has 1 atom stereocenters. The Labute approximate surface area is 218 Å². The molecule has 1 aromatic carbocycles. The molecule has 1 fully saturated rings. The summed E-state index contributed by atoms with van der Waals surface area (Å²) in [6.45, 7) is 1.93. The minimum atomic E-state index is -0.281. The summed E-state index contributed by atoms with van der Waals surface area (Å²) < 4.78 is 2.02. The number of nitrogens with zero attached hydrogens (tertiary/aromatic N) is 5. The fourth-order valence-electron chi connectivity index (χ4n) is 4.61. The van der Waals surface area contributed by atoms with Gasteiger partial charge in [-0.2, -0.15) is 10.2 Å². The van der Waals surface area contributed by atoms with Crippen molar-refractivity contribution in [1.82, 2.24) is 19.5 Å². The van der Waals surface area contributed by atoms with Crippen LogP contribution >= 0.6 is 23.2 Å². The lowest BCUT2D eigenvalue weighted by Crippen LogP contribution is -2.25. The third-order valence-corrected chi connectivity index (χ3v) is 7.15. The van der Waals surface area contributed by atoms with Gasteiger partial charge in [-0.15, -0.1) is 0 Å². The van der Waals surface area contributed by atoms with E-state index in [1.807, 2.05) is 17.6 Å². The van der Waals surface area contributed by atoms with Crippen LogP contribution in [-0.2, 0) is 4.79 Å². The first-order valence-electron chi connectivity index (χ1n) is 11.9. The normalized spacial score (nSPS) is 18.5. The standard InChI is InChI=1S/C24H28Cl2N8O2/c1-2-15(12-35)30-23-29-11-19-22(33-23)34(16-5-3-13(4-6-16)9-20(28)36)24(31-19)32-21-17(25)7-14(10-27)8-18(21)26/h7-8,11,13,15-16,35H,2-6,9,12H2,1H3,(H2,28,36)(H,31,32)(H,29,30,33)/t13-,15-,16+/m0/s1. The van der Waals surface area contributed by atoms with Crippen LogP contribution in [0.4, 0.5) is 17.6 Å². The van der Waals surface area contributed by atoms with E-state index in [1.54, 1.807) is 18.3 Å².